The van der Waals surface area contributed by atoms with Gasteiger partial charge in [0.1, 0.15) is 11.4 Å². The molecule has 0 bridgehead atoms. The summed E-state index contributed by atoms with van der Waals surface area (Å²) in [7, 11) is 3.05. The summed E-state index contributed by atoms with van der Waals surface area (Å²) in [6.07, 6.45) is 6.09. The van der Waals surface area contributed by atoms with Crippen LogP contribution in [0.25, 0.3) is 12.2 Å². The van der Waals surface area contributed by atoms with Crippen molar-refractivity contribution in [1.82, 2.24) is 0 Å². The lowest BCUT2D eigenvalue weighted by Crippen LogP contribution is -1.94. The number of phenols is 1. The zero-order valence-corrected chi connectivity index (χ0v) is 13.7. The predicted molar refractivity (Wildman–Crippen MR) is 95.9 cm³/mol. The molecule has 0 aromatic heterocycles. The number of hydrogen-bond donors (Lipinski definition) is 1. The van der Waals surface area contributed by atoms with E-state index in [4.69, 9.17) is 9.47 Å². The van der Waals surface area contributed by atoms with Gasteiger partial charge >= 0.3 is 0 Å². The molecule has 0 radical (unpaired) electrons. The molecule has 0 amide bonds. The minimum atomic E-state index is 0.0795. The number of rotatable bonds is 7. The highest BCUT2D eigenvalue weighted by Crippen LogP contribution is 2.32. The Balaban J connectivity index is 2.47. The van der Waals surface area contributed by atoms with E-state index < -0.39 is 0 Å². The number of methoxy groups -OCH3 is 2. The average molecular weight is 325 g/mol. The van der Waals surface area contributed by atoms with E-state index in [1.54, 1.807) is 43.5 Å². The largest absolute Gasteiger partial charge is 0.504 e. The van der Waals surface area contributed by atoms with Gasteiger partial charge in [0.2, 0.25) is 0 Å². The van der Waals surface area contributed by atoms with E-state index in [9.17, 15) is 10.0 Å². The molecule has 2 aromatic rings. The third-order valence-electron chi connectivity index (χ3n) is 3.56. The number of benzene rings is 2. The van der Waals surface area contributed by atoms with Gasteiger partial charge in [-0.1, -0.05) is 24.3 Å². The molecule has 124 valence electrons. The Morgan fingerprint density at radius 1 is 1.12 bits per heavy atom. The van der Waals surface area contributed by atoms with Gasteiger partial charge < -0.3 is 14.6 Å². The molecule has 0 atom stereocenters. The fourth-order valence-electron chi connectivity index (χ4n) is 2.38. The summed E-state index contributed by atoms with van der Waals surface area (Å²) in [6.45, 7) is 3.76. The summed E-state index contributed by atoms with van der Waals surface area (Å²) in [5.74, 6) is 1.06. The molecule has 1 N–H and O–H groups in total. The van der Waals surface area contributed by atoms with Crippen molar-refractivity contribution >= 4 is 17.8 Å². The highest BCUT2D eigenvalue weighted by Gasteiger charge is 2.10. The minimum Gasteiger partial charge on any atom is -0.504 e. The summed E-state index contributed by atoms with van der Waals surface area (Å²) in [5.41, 5.74) is 2.87. The van der Waals surface area contributed by atoms with Crippen molar-refractivity contribution in [3.8, 4) is 17.2 Å². The molecule has 0 aliphatic heterocycles. The van der Waals surface area contributed by atoms with Gasteiger partial charge in [0.25, 0.3) is 0 Å². The lowest BCUT2D eigenvalue weighted by Gasteiger charge is -2.11. The van der Waals surface area contributed by atoms with Crippen molar-refractivity contribution in [2.75, 3.05) is 14.2 Å². The second-order valence-corrected chi connectivity index (χ2v) is 5.06. The molecule has 0 aliphatic carbocycles. The van der Waals surface area contributed by atoms with Gasteiger partial charge in [0.05, 0.1) is 14.2 Å². The van der Waals surface area contributed by atoms with Gasteiger partial charge in [-0.3, -0.25) is 0 Å². The lowest BCUT2D eigenvalue weighted by molar-refractivity contribution is 0.373. The van der Waals surface area contributed by atoms with Gasteiger partial charge in [-0.05, 0) is 40.9 Å². The molecule has 5 nitrogen and oxygen atoms in total. The molecule has 2 aromatic carbocycles. The Kier molecular flexibility index (Phi) is 5.73. The Bertz CT molecular complexity index is 781. The Morgan fingerprint density at radius 3 is 2.50 bits per heavy atom. The van der Waals surface area contributed by atoms with Gasteiger partial charge in [0, 0.05) is 11.6 Å². The topological polar surface area (TPSA) is 68.1 Å². The number of allylic oxidation sites excluding steroid dienone is 1. The highest BCUT2D eigenvalue weighted by molar-refractivity contribution is 5.75. The quantitative estimate of drug-likeness (QED) is 0.455. The maximum Gasteiger partial charge on any atom is 0.161 e. The van der Waals surface area contributed by atoms with Crippen LogP contribution in [-0.2, 0) is 6.42 Å². The third kappa shape index (κ3) is 3.81. The molecule has 24 heavy (non-hydrogen) atoms. The van der Waals surface area contributed by atoms with Crippen LogP contribution in [0.3, 0.4) is 0 Å². The molecule has 5 heteroatoms. The first-order valence-corrected chi connectivity index (χ1v) is 7.33. The van der Waals surface area contributed by atoms with Crippen LogP contribution < -0.4 is 9.47 Å². The van der Waals surface area contributed by atoms with E-state index >= 15 is 0 Å². The van der Waals surface area contributed by atoms with Crippen molar-refractivity contribution in [3.05, 3.63) is 64.6 Å². The maximum absolute atomic E-state index is 10.9. The van der Waals surface area contributed by atoms with Crippen molar-refractivity contribution in [3.63, 3.8) is 0 Å². The standard InChI is InChI=1S/C19H19NO4/c1-4-5-16-14(11-15(20-22)12-18(16)23-2)8-6-13-7-9-17(21)19(10-13)24-3/h4,6-12,21H,1,5H2,2-3H3/b8-6+. The molecule has 0 unspecified atom stereocenters. The third-order valence-corrected chi connectivity index (χ3v) is 3.56. The van der Waals surface area contributed by atoms with Crippen LogP contribution in [0.15, 0.2) is 48.2 Å². The monoisotopic (exact) mass is 325 g/mol. The highest BCUT2D eigenvalue weighted by atomic mass is 16.5. The molecule has 2 rings (SSSR count). The summed E-state index contributed by atoms with van der Waals surface area (Å²) >= 11 is 0. The number of phenolic OH excluding ortho intramolecular Hbond substituents is 1. The lowest BCUT2D eigenvalue weighted by atomic mass is 10.0. The van der Waals surface area contributed by atoms with E-state index in [1.165, 1.54) is 7.11 Å². The number of nitroso groups, excluding NO2 is 1. The summed E-state index contributed by atoms with van der Waals surface area (Å²) in [5, 5.41) is 12.6. The van der Waals surface area contributed by atoms with Crippen molar-refractivity contribution < 1.29 is 14.6 Å². The van der Waals surface area contributed by atoms with Crippen molar-refractivity contribution in [1.29, 1.82) is 0 Å². The van der Waals surface area contributed by atoms with Crippen LogP contribution in [0.2, 0.25) is 0 Å². The molecular weight excluding hydrogens is 306 g/mol. The van der Waals surface area contributed by atoms with E-state index in [0.717, 1.165) is 16.7 Å². The van der Waals surface area contributed by atoms with Crippen LogP contribution in [0.1, 0.15) is 16.7 Å². The minimum absolute atomic E-state index is 0.0795. The summed E-state index contributed by atoms with van der Waals surface area (Å²) in [4.78, 5) is 10.9. The molecule has 0 heterocycles. The van der Waals surface area contributed by atoms with Crippen molar-refractivity contribution in [2.45, 2.75) is 6.42 Å². The first kappa shape index (κ1) is 17.3. The van der Waals surface area contributed by atoms with E-state index in [-0.39, 0.29) is 5.75 Å². The van der Waals surface area contributed by atoms with Gasteiger partial charge in [-0.2, -0.15) is 0 Å². The fourth-order valence-corrected chi connectivity index (χ4v) is 2.38. The van der Waals surface area contributed by atoms with Crippen LogP contribution >= 0.6 is 0 Å². The molecule has 0 fully saturated rings. The predicted octanol–water partition coefficient (Wildman–Crippen LogP) is 4.71. The Hall–Kier alpha value is -3.08. The molecule has 0 aliphatic rings. The fraction of sp³-hybridized carbons (Fsp3) is 0.158. The van der Waals surface area contributed by atoms with Crippen molar-refractivity contribution in [2.24, 2.45) is 5.18 Å². The first-order chi connectivity index (χ1) is 11.6. The van der Waals surface area contributed by atoms with Gasteiger partial charge in [-0.15, -0.1) is 11.5 Å². The normalized spacial score (nSPS) is 10.6. The Morgan fingerprint density at radius 2 is 1.88 bits per heavy atom. The average Bonchev–Trinajstić information content (AvgIpc) is 2.61. The summed E-state index contributed by atoms with van der Waals surface area (Å²) < 4.78 is 10.5. The molecular formula is C19H19NO4. The summed E-state index contributed by atoms with van der Waals surface area (Å²) in [6, 6.07) is 8.35. The van der Waals surface area contributed by atoms with Crippen LogP contribution in [0.5, 0.6) is 17.2 Å². The van der Waals surface area contributed by atoms with Gasteiger partial charge in [-0.25, -0.2) is 0 Å². The van der Waals surface area contributed by atoms with E-state index in [1.807, 2.05) is 12.2 Å². The maximum atomic E-state index is 10.9. The number of ether oxygens (including phenoxy) is 2. The van der Waals surface area contributed by atoms with Crippen LogP contribution in [-0.4, -0.2) is 19.3 Å². The number of nitrogens with zero attached hydrogens (tertiary/aromatic N) is 1. The van der Waals surface area contributed by atoms with Crippen LogP contribution in [0.4, 0.5) is 5.69 Å². The SMILES string of the molecule is C=CCc1c(/C=C/c2ccc(O)c(OC)c2)cc(N=O)cc1OC. The zero-order chi connectivity index (χ0) is 17.5. The number of hydrogen-bond acceptors (Lipinski definition) is 5. The van der Waals surface area contributed by atoms with E-state index in [0.29, 0.717) is 23.6 Å². The van der Waals surface area contributed by atoms with Crippen LogP contribution in [0, 0.1) is 4.91 Å². The molecule has 0 saturated carbocycles. The van der Waals surface area contributed by atoms with Gasteiger partial charge in [0.15, 0.2) is 11.5 Å². The second-order valence-electron chi connectivity index (χ2n) is 5.06. The van der Waals surface area contributed by atoms with E-state index in [2.05, 4.69) is 11.8 Å². The number of aromatic hydroxyl groups is 1. The zero-order valence-electron chi connectivity index (χ0n) is 13.7. The first-order valence-electron chi connectivity index (χ1n) is 7.33. The molecule has 0 spiro atoms. The smallest absolute Gasteiger partial charge is 0.161 e. The molecule has 0 saturated heterocycles. The second kappa shape index (κ2) is 7.97. The Labute approximate surface area is 140 Å².